The fraction of sp³-hybridized carbons (Fsp3) is 0.579. The van der Waals surface area contributed by atoms with Gasteiger partial charge in [0.1, 0.15) is 6.61 Å². The third-order valence-corrected chi connectivity index (χ3v) is 5.21. The van der Waals surface area contributed by atoms with E-state index in [2.05, 4.69) is 4.90 Å². The molecule has 26 heavy (non-hydrogen) atoms. The molecule has 7 nitrogen and oxygen atoms in total. The third kappa shape index (κ3) is 4.09. The average Bonchev–Trinajstić information content (AvgIpc) is 2.66. The number of piperidine rings is 1. The zero-order valence-electron chi connectivity index (χ0n) is 15.3. The molecule has 0 aliphatic carbocycles. The molecule has 0 saturated carbocycles. The van der Waals surface area contributed by atoms with Crippen molar-refractivity contribution in [3.63, 3.8) is 0 Å². The quantitative estimate of drug-likeness (QED) is 0.855. The molecule has 2 aliphatic rings. The van der Waals surface area contributed by atoms with Crippen molar-refractivity contribution in [2.45, 2.75) is 31.9 Å². The molecule has 0 spiro atoms. The van der Waals surface area contributed by atoms with Gasteiger partial charge in [-0.25, -0.2) is 0 Å². The van der Waals surface area contributed by atoms with Crippen molar-refractivity contribution in [3.8, 4) is 11.5 Å². The third-order valence-electron chi connectivity index (χ3n) is 5.21. The largest absolute Gasteiger partial charge is 0.486 e. The Morgan fingerprint density at radius 1 is 1.27 bits per heavy atom. The smallest absolute Gasteiger partial charge is 0.306 e. The number of hydrogen-bond acceptors (Lipinski definition) is 5. The highest BCUT2D eigenvalue weighted by Gasteiger charge is 2.32. The molecule has 0 aromatic heterocycles. The predicted molar refractivity (Wildman–Crippen MR) is 95.4 cm³/mol. The minimum absolute atomic E-state index is 0.0150. The maximum absolute atomic E-state index is 12.7. The van der Waals surface area contributed by atoms with Crippen LogP contribution in [0, 0.1) is 5.92 Å². The number of benzene rings is 1. The van der Waals surface area contributed by atoms with Gasteiger partial charge in [0.05, 0.1) is 18.5 Å². The summed E-state index contributed by atoms with van der Waals surface area (Å²) in [5.74, 6) is 0.414. The lowest BCUT2D eigenvalue weighted by Crippen LogP contribution is -2.51. The minimum Gasteiger partial charge on any atom is -0.486 e. The Morgan fingerprint density at radius 3 is 2.58 bits per heavy atom. The second kappa shape index (κ2) is 7.95. The Bertz CT molecular complexity index is 657. The van der Waals surface area contributed by atoms with Crippen molar-refractivity contribution < 1.29 is 24.2 Å². The van der Waals surface area contributed by atoms with E-state index in [0.29, 0.717) is 44.8 Å². The number of ether oxygens (including phenoxy) is 2. The number of amides is 1. The summed E-state index contributed by atoms with van der Waals surface area (Å²) in [5, 5.41) is 9.09. The molecule has 1 saturated heterocycles. The number of hydrogen-bond donors (Lipinski definition) is 1. The van der Waals surface area contributed by atoms with Gasteiger partial charge in [-0.2, -0.15) is 0 Å². The van der Waals surface area contributed by atoms with Crippen LogP contribution < -0.4 is 9.47 Å². The number of carbonyl (C=O) groups is 2. The lowest BCUT2D eigenvalue weighted by molar-refractivity contribution is -0.144. The number of likely N-dealkylation sites (tertiary alicyclic amines) is 1. The number of carbonyl (C=O) groups excluding carboxylic acids is 1. The molecule has 7 heteroatoms. The van der Waals surface area contributed by atoms with Gasteiger partial charge in [-0.15, -0.1) is 0 Å². The van der Waals surface area contributed by atoms with E-state index < -0.39 is 5.97 Å². The van der Waals surface area contributed by atoms with Crippen molar-refractivity contribution in [2.75, 3.05) is 33.3 Å². The second-order valence-corrected chi connectivity index (χ2v) is 7.04. The van der Waals surface area contributed by atoms with Crippen LogP contribution in [0.2, 0.25) is 0 Å². The van der Waals surface area contributed by atoms with Crippen LogP contribution in [0.25, 0.3) is 0 Å². The van der Waals surface area contributed by atoms with Crippen molar-refractivity contribution in [1.29, 1.82) is 0 Å². The second-order valence-electron chi connectivity index (χ2n) is 7.04. The van der Waals surface area contributed by atoms with E-state index in [1.165, 1.54) is 0 Å². The molecule has 1 N–H and O–H groups in total. The van der Waals surface area contributed by atoms with Gasteiger partial charge >= 0.3 is 5.97 Å². The first-order chi connectivity index (χ1) is 12.5. The summed E-state index contributed by atoms with van der Waals surface area (Å²) in [7, 11) is 1.77. The van der Waals surface area contributed by atoms with Crippen LogP contribution in [-0.2, 0) is 9.59 Å². The molecule has 2 unspecified atom stereocenters. The first-order valence-corrected chi connectivity index (χ1v) is 9.06. The van der Waals surface area contributed by atoms with E-state index in [1.807, 2.05) is 31.2 Å². The summed E-state index contributed by atoms with van der Waals surface area (Å²) < 4.78 is 11.6. The molecule has 0 radical (unpaired) electrons. The Morgan fingerprint density at radius 2 is 1.92 bits per heavy atom. The van der Waals surface area contributed by atoms with Crippen LogP contribution >= 0.6 is 0 Å². The topological polar surface area (TPSA) is 79.3 Å². The van der Waals surface area contributed by atoms with Gasteiger partial charge in [-0.05, 0) is 45.0 Å². The summed E-state index contributed by atoms with van der Waals surface area (Å²) in [6, 6.07) is 7.24. The van der Waals surface area contributed by atoms with Crippen LogP contribution in [0.1, 0.15) is 19.8 Å². The van der Waals surface area contributed by atoms with Gasteiger partial charge in [-0.1, -0.05) is 12.1 Å². The van der Waals surface area contributed by atoms with E-state index in [0.717, 1.165) is 5.75 Å². The number of nitrogens with zero attached hydrogens (tertiary/aromatic N) is 2. The fourth-order valence-electron chi connectivity index (χ4n) is 3.56. The molecule has 2 atom stereocenters. The molecule has 2 aliphatic heterocycles. The standard InChI is InChI=1S/C19H26N2O5/c1-13(21-9-7-14(8-10-21)19(23)24)18(22)20(2)11-15-12-25-16-5-3-4-6-17(16)26-15/h3-6,13-15H,7-12H2,1-2H3,(H,23,24). The van der Waals surface area contributed by atoms with Gasteiger partial charge in [0, 0.05) is 7.05 Å². The Hall–Kier alpha value is -2.28. The molecule has 2 heterocycles. The first kappa shape index (κ1) is 18.5. The zero-order chi connectivity index (χ0) is 18.7. The van der Waals surface area contributed by atoms with Gasteiger partial charge in [0.25, 0.3) is 0 Å². The summed E-state index contributed by atoms with van der Waals surface area (Å²) in [4.78, 5) is 27.5. The van der Waals surface area contributed by atoms with Crippen molar-refractivity contribution in [2.24, 2.45) is 5.92 Å². The summed E-state index contributed by atoms with van der Waals surface area (Å²) >= 11 is 0. The fourth-order valence-corrected chi connectivity index (χ4v) is 3.56. The molecular weight excluding hydrogens is 336 g/mol. The van der Waals surface area contributed by atoms with Gasteiger partial charge in [-0.3, -0.25) is 14.5 Å². The first-order valence-electron chi connectivity index (χ1n) is 9.06. The van der Waals surface area contributed by atoms with Crippen molar-refractivity contribution in [1.82, 2.24) is 9.80 Å². The SMILES string of the molecule is CC(C(=O)N(C)CC1COc2ccccc2O1)N1CCC(C(=O)O)CC1. The van der Waals surface area contributed by atoms with Crippen LogP contribution in [0.4, 0.5) is 0 Å². The number of fused-ring (bicyclic) bond motifs is 1. The van der Waals surface area contributed by atoms with Gasteiger partial charge in [0.15, 0.2) is 17.6 Å². The highest BCUT2D eigenvalue weighted by Crippen LogP contribution is 2.31. The number of para-hydroxylation sites is 2. The van der Waals surface area contributed by atoms with Crippen LogP contribution in [0.15, 0.2) is 24.3 Å². The summed E-state index contributed by atoms with van der Waals surface area (Å²) in [5.41, 5.74) is 0. The minimum atomic E-state index is -0.740. The molecule has 1 fully saturated rings. The zero-order valence-corrected chi connectivity index (χ0v) is 15.3. The van der Waals surface area contributed by atoms with Crippen LogP contribution in [0.3, 0.4) is 0 Å². The number of carboxylic acids is 1. The molecule has 1 aromatic rings. The predicted octanol–water partition coefficient (Wildman–Crippen LogP) is 1.47. The monoisotopic (exact) mass is 362 g/mol. The maximum Gasteiger partial charge on any atom is 0.306 e. The van der Waals surface area contributed by atoms with E-state index in [4.69, 9.17) is 14.6 Å². The highest BCUT2D eigenvalue weighted by molar-refractivity contribution is 5.81. The molecular formula is C19H26N2O5. The summed E-state index contributed by atoms with van der Waals surface area (Å²) in [6.07, 6.45) is 0.976. The van der Waals surface area contributed by atoms with Crippen molar-refractivity contribution in [3.05, 3.63) is 24.3 Å². The van der Waals surface area contributed by atoms with Crippen LogP contribution in [0.5, 0.6) is 11.5 Å². The molecule has 0 bridgehead atoms. The lowest BCUT2D eigenvalue weighted by atomic mass is 9.96. The maximum atomic E-state index is 12.7. The molecule has 1 aromatic carbocycles. The van der Waals surface area contributed by atoms with E-state index >= 15 is 0 Å². The Kier molecular flexibility index (Phi) is 5.66. The highest BCUT2D eigenvalue weighted by atomic mass is 16.6. The number of rotatable bonds is 5. The molecule has 142 valence electrons. The molecule has 1 amide bonds. The normalized spacial score (nSPS) is 21.8. The van der Waals surface area contributed by atoms with Gasteiger partial charge < -0.3 is 19.5 Å². The average molecular weight is 362 g/mol. The Balaban J connectivity index is 1.51. The molecule has 3 rings (SSSR count). The van der Waals surface area contributed by atoms with E-state index in [9.17, 15) is 9.59 Å². The number of carboxylic acid groups (broad SMARTS) is 1. The van der Waals surface area contributed by atoms with Crippen molar-refractivity contribution >= 4 is 11.9 Å². The van der Waals surface area contributed by atoms with Crippen LogP contribution in [-0.4, -0.2) is 72.2 Å². The Labute approximate surface area is 153 Å². The lowest BCUT2D eigenvalue weighted by Gasteiger charge is -2.36. The summed E-state index contributed by atoms with van der Waals surface area (Å²) in [6.45, 7) is 4.01. The van der Waals surface area contributed by atoms with E-state index in [1.54, 1.807) is 11.9 Å². The number of likely N-dealkylation sites (N-methyl/N-ethyl adjacent to an activating group) is 1. The van der Waals surface area contributed by atoms with Gasteiger partial charge in [0.2, 0.25) is 5.91 Å². The van der Waals surface area contributed by atoms with E-state index in [-0.39, 0.29) is 24.0 Å². The number of aliphatic carboxylic acids is 1.